The van der Waals surface area contributed by atoms with Crippen LogP contribution in [0, 0.1) is 5.82 Å². The largest absolute Gasteiger partial charge is 0.481 e. The first-order chi connectivity index (χ1) is 16.9. The summed E-state index contributed by atoms with van der Waals surface area (Å²) in [7, 11) is 0. The van der Waals surface area contributed by atoms with E-state index in [9.17, 15) is 18.8 Å². The molecule has 0 aliphatic heterocycles. The molecule has 3 aromatic rings. The molecule has 8 heteroatoms. The second-order valence-electron chi connectivity index (χ2n) is 8.25. The number of anilines is 1. The maximum Gasteiger partial charge on any atom is 0.411 e. The quantitative estimate of drug-likeness (QED) is 0.370. The van der Waals surface area contributed by atoms with Gasteiger partial charge in [0.25, 0.3) is 5.91 Å². The van der Waals surface area contributed by atoms with Gasteiger partial charge in [-0.05, 0) is 53.3 Å². The topological polar surface area (TPSA) is 105 Å². The van der Waals surface area contributed by atoms with Crippen LogP contribution in [0.4, 0.5) is 14.9 Å². The maximum atomic E-state index is 13.8. The molecule has 0 atom stereocenters. The molecular weight excluding hydrogens is 451 g/mol. The molecule has 4 rings (SSSR count). The number of benzene rings is 3. The summed E-state index contributed by atoms with van der Waals surface area (Å²) >= 11 is 0. The molecule has 0 aromatic heterocycles. The standard InChI is InChI=1S/C27H25FN2O5/c28-17-12-13-24(22(15-17)26(33)29-14-6-5-11-25(31)32)30-27(34)35-16-23-20-9-3-1-7-18(20)19-8-2-4-10-21(19)23/h1-4,7-10,12-13,15,23H,5-6,11,14,16H2,(H,29,33)(H,30,34)(H,31,32). The van der Waals surface area contributed by atoms with E-state index in [2.05, 4.69) is 10.6 Å². The lowest BCUT2D eigenvalue weighted by molar-refractivity contribution is -0.137. The lowest BCUT2D eigenvalue weighted by Gasteiger charge is -2.16. The third kappa shape index (κ3) is 5.66. The molecule has 0 saturated carbocycles. The fourth-order valence-corrected chi connectivity index (χ4v) is 4.26. The third-order valence-electron chi connectivity index (χ3n) is 5.91. The molecule has 1 aliphatic carbocycles. The van der Waals surface area contributed by atoms with E-state index in [1.807, 2.05) is 48.5 Å². The Morgan fingerprint density at radius 3 is 2.23 bits per heavy atom. The summed E-state index contributed by atoms with van der Waals surface area (Å²) in [6, 6.07) is 19.4. The summed E-state index contributed by atoms with van der Waals surface area (Å²) in [5, 5.41) is 13.8. The SMILES string of the molecule is O=C(O)CCCCNC(=O)c1cc(F)ccc1NC(=O)OCC1c2ccccc2-c2ccccc21. The Hall–Kier alpha value is -4.20. The van der Waals surface area contributed by atoms with Crippen LogP contribution in [0.15, 0.2) is 66.7 Å². The van der Waals surface area contributed by atoms with Crippen molar-refractivity contribution in [3.63, 3.8) is 0 Å². The minimum Gasteiger partial charge on any atom is -0.481 e. The number of ether oxygens (including phenoxy) is 1. The summed E-state index contributed by atoms with van der Waals surface area (Å²) < 4.78 is 19.3. The second kappa shape index (κ2) is 10.8. The number of unbranched alkanes of at least 4 members (excludes halogenated alkanes) is 1. The van der Waals surface area contributed by atoms with Crippen molar-refractivity contribution < 1.29 is 28.6 Å². The van der Waals surface area contributed by atoms with Crippen molar-refractivity contribution in [1.29, 1.82) is 0 Å². The van der Waals surface area contributed by atoms with Crippen molar-refractivity contribution in [2.24, 2.45) is 0 Å². The van der Waals surface area contributed by atoms with Crippen molar-refractivity contribution in [3.05, 3.63) is 89.2 Å². The van der Waals surface area contributed by atoms with Gasteiger partial charge in [0.2, 0.25) is 0 Å². The molecule has 0 radical (unpaired) electrons. The fourth-order valence-electron chi connectivity index (χ4n) is 4.26. The number of hydrogen-bond donors (Lipinski definition) is 3. The number of carbonyl (C=O) groups excluding carboxylic acids is 2. The number of carboxylic acids is 1. The predicted molar refractivity (Wildman–Crippen MR) is 129 cm³/mol. The molecule has 2 amide bonds. The molecule has 0 saturated heterocycles. The van der Waals surface area contributed by atoms with Crippen LogP contribution in [0.2, 0.25) is 0 Å². The van der Waals surface area contributed by atoms with Crippen LogP contribution in [0.1, 0.15) is 46.7 Å². The number of carboxylic acid groups (broad SMARTS) is 1. The minimum absolute atomic E-state index is 0.00439. The molecule has 0 bridgehead atoms. The summed E-state index contributed by atoms with van der Waals surface area (Å²) in [6.07, 6.45) is 0.116. The van der Waals surface area contributed by atoms with Gasteiger partial charge in [-0.15, -0.1) is 0 Å². The van der Waals surface area contributed by atoms with Crippen LogP contribution in [0.3, 0.4) is 0 Å². The average Bonchev–Trinajstić information content (AvgIpc) is 3.17. The Bertz CT molecular complexity index is 1210. The maximum absolute atomic E-state index is 13.8. The first-order valence-electron chi connectivity index (χ1n) is 11.4. The van der Waals surface area contributed by atoms with Crippen molar-refractivity contribution in [2.75, 3.05) is 18.5 Å². The van der Waals surface area contributed by atoms with E-state index in [0.29, 0.717) is 12.8 Å². The molecule has 0 unspecified atom stereocenters. The average molecular weight is 477 g/mol. The monoisotopic (exact) mass is 476 g/mol. The van der Waals surface area contributed by atoms with E-state index in [4.69, 9.17) is 9.84 Å². The van der Waals surface area contributed by atoms with Crippen molar-refractivity contribution >= 4 is 23.7 Å². The van der Waals surface area contributed by atoms with E-state index in [1.54, 1.807) is 0 Å². The molecular formula is C27H25FN2O5. The van der Waals surface area contributed by atoms with Crippen LogP contribution in [-0.2, 0) is 9.53 Å². The van der Waals surface area contributed by atoms with E-state index < -0.39 is 23.8 Å². The number of halogens is 1. The molecule has 3 N–H and O–H groups in total. The smallest absolute Gasteiger partial charge is 0.411 e. The van der Waals surface area contributed by atoms with Crippen LogP contribution in [0.25, 0.3) is 11.1 Å². The summed E-state index contributed by atoms with van der Waals surface area (Å²) in [6.45, 7) is 0.333. The Morgan fingerprint density at radius 2 is 1.57 bits per heavy atom. The molecule has 35 heavy (non-hydrogen) atoms. The first kappa shape index (κ1) is 23.9. The fraction of sp³-hybridized carbons (Fsp3) is 0.222. The third-order valence-corrected chi connectivity index (χ3v) is 5.91. The van der Waals surface area contributed by atoms with E-state index in [1.165, 1.54) is 6.07 Å². The van der Waals surface area contributed by atoms with Crippen LogP contribution in [-0.4, -0.2) is 36.2 Å². The van der Waals surface area contributed by atoms with E-state index in [-0.39, 0.29) is 36.7 Å². The molecule has 1 aliphatic rings. The summed E-state index contributed by atoms with van der Waals surface area (Å²) in [4.78, 5) is 35.7. The Labute approximate surface area is 201 Å². The summed E-state index contributed by atoms with van der Waals surface area (Å²) in [5.41, 5.74) is 4.44. The van der Waals surface area contributed by atoms with Gasteiger partial charge >= 0.3 is 12.1 Å². The number of fused-ring (bicyclic) bond motifs is 3. The Kier molecular flexibility index (Phi) is 7.40. The van der Waals surface area contributed by atoms with Crippen molar-refractivity contribution in [2.45, 2.75) is 25.2 Å². The van der Waals surface area contributed by atoms with Gasteiger partial charge in [0.1, 0.15) is 12.4 Å². The summed E-state index contributed by atoms with van der Waals surface area (Å²) in [5.74, 6) is -2.22. The zero-order chi connectivity index (χ0) is 24.8. The van der Waals surface area contributed by atoms with Gasteiger partial charge in [-0.25, -0.2) is 9.18 Å². The molecule has 0 heterocycles. The molecule has 7 nitrogen and oxygen atoms in total. The van der Waals surface area contributed by atoms with E-state index >= 15 is 0 Å². The number of amides is 2. The highest BCUT2D eigenvalue weighted by molar-refractivity contribution is 6.02. The number of aliphatic carboxylic acids is 1. The second-order valence-corrected chi connectivity index (χ2v) is 8.25. The van der Waals surface area contributed by atoms with Gasteiger partial charge in [0.05, 0.1) is 11.3 Å². The van der Waals surface area contributed by atoms with Gasteiger partial charge in [-0.3, -0.25) is 14.9 Å². The molecule has 3 aromatic carbocycles. The highest BCUT2D eigenvalue weighted by atomic mass is 19.1. The van der Waals surface area contributed by atoms with Gasteiger partial charge in [-0.2, -0.15) is 0 Å². The number of carbonyl (C=O) groups is 3. The van der Waals surface area contributed by atoms with E-state index in [0.717, 1.165) is 34.4 Å². The molecule has 180 valence electrons. The lowest BCUT2D eigenvalue weighted by Crippen LogP contribution is -2.27. The number of nitrogens with one attached hydrogen (secondary N) is 2. The normalized spacial score (nSPS) is 11.9. The zero-order valence-corrected chi connectivity index (χ0v) is 18.9. The number of rotatable bonds is 9. The van der Waals surface area contributed by atoms with Gasteiger partial charge in [0.15, 0.2) is 0 Å². The van der Waals surface area contributed by atoms with Crippen LogP contribution < -0.4 is 10.6 Å². The van der Waals surface area contributed by atoms with Gasteiger partial charge in [-0.1, -0.05) is 48.5 Å². The highest BCUT2D eigenvalue weighted by Gasteiger charge is 2.29. The van der Waals surface area contributed by atoms with Crippen molar-refractivity contribution in [1.82, 2.24) is 5.32 Å². The Balaban J connectivity index is 1.39. The number of hydrogen-bond acceptors (Lipinski definition) is 4. The lowest BCUT2D eigenvalue weighted by atomic mass is 9.98. The molecule has 0 fully saturated rings. The van der Waals surface area contributed by atoms with Crippen molar-refractivity contribution in [3.8, 4) is 11.1 Å². The van der Waals surface area contributed by atoms with Crippen LogP contribution in [0.5, 0.6) is 0 Å². The van der Waals surface area contributed by atoms with Crippen LogP contribution >= 0.6 is 0 Å². The highest BCUT2D eigenvalue weighted by Crippen LogP contribution is 2.44. The van der Waals surface area contributed by atoms with Gasteiger partial charge in [0, 0.05) is 18.9 Å². The Morgan fingerprint density at radius 1 is 0.914 bits per heavy atom. The molecule has 0 spiro atoms. The zero-order valence-electron chi connectivity index (χ0n) is 18.9. The predicted octanol–water partition coefficient (Wildman–Crippen LogP) is 5.17. The first-order valence-corrected chi connectivity index (χ1v) is 11.4. The minimum atomic E-state index is -0.906. The van der Waals surface area contributed by atoms with Gasteiger partial charge < -0.3 is 15.2 Å².